The minimum atomic E-state index is -0.317. The van der Waals surface area contributed by atoms with Crippen LogP contribution in [-0.4, -0.2) is 28.9 Å². The molecular weight excluding hydrogens is 224 g/mol. The van der Waals surface area contributed by atoms with Crippen molar-refractivity contribution in [1.82, 2.24) is 10.3 Å². The zero-order valence-electron chi connectivity index (χ0n) is 9.66. The number of carbonyl (C=O) groups is 1. The topological polar surface area (TPSA) is 62.0 Å². The number of aromatic nitrogens is 1. The van der Waals surface area contributed by atoms with Crippen LogP contribution >= 0.6 is 11.8 Å². The van der Waals surface area contributed by atoms with Gasteiger partial charge in [-0.1, -0.05) is 6.92 Å². The van der Waals surface area contributed by atoms with Crippen molar-refractivity contribution in [2.24, 2.45) is 0 Å². The van der Waals surface area contributed by atoms with Gasteiger partial charge in [0.2, 0.25) is 0 Å². The largest absolute Gasteiger partial charge is 0.364 e. The third kappa shape index (κ3) is 3.41. The lowest BCUT2D eigenvalue weighted by Gasteiger charge is -2.09. The van der Waals surface area contributed by atoms with E-state index in [2.05, 4.69) is 10.3 Å². The van der Waals surface area contributed by atoms with Crippen LogP contribution < -0.4 is 10.7 Å². The van der Waals surface area contributed by atoms with Crippen molar-refractivity contribution in [2.45, 2.75) is 19.1 Å². The Kier molecular flexibility index (Phi) is 4.61. The van der Waals surface area contributed by atoms with E-state index in [1.165, 1.54) is 12.3 Å². The summed E-state index contributed by atoms with van der Waals surface area (Å²) >= 11 is 1.67. The maximum Gasteiger partial charge on any atom is 0.256 e. The third-order valence-corrected chi connectivity index (χ3v) is 3.23. The second-order valence-corrected chi connectivity index (χ2v) is 4.93. The molecule has 0 spiro atoms. The summed E-state index contributed by atoms with van der Waals surface area (Å²) < 4.78 is 0. The summed E-state index contributed by atoms with van der Waals surface area (Å²) in [5.41, 5.74) is 0.670. The third-order valence-electron chi connectivity index (χ3n) is 2.25. The molecule has 0 fully saturated rings. The normalized spacial score (nSPS) is 12.2. The number of carbonyl (C=O) groups excluding carboxylic acids is 1. The van der Waals surface area contributed by atoms with E-state index in [1.807, 2.05) is 13.2 Å². The lowest BCUT2D eigenvalue weighted by molar-refractivity contribution is 0.0952. The van der Waals surface area contributed by atoms with Gasteiger partial charge < -0.3 is 10.3 Å². The fourth-order valence-corrected chi connectivity index (χ4v) is 1.42. The molecule has 0 aliphatic heterocycles. The fraction of sp³-hybridized carbons (Fsp3) is 0.455. The van der Waals surface area contributed by atoms with Crippen molar-refractivity contribution < 1.29 is 4.79 Å². The van der Waals surface area contributed by atoms with E-state index in [0.717, 1.165) is 5.69 Å². The highest BCUT2D eigenvalue weighted by atomic mass is 32.2. The minimum Gasteiger partial charge on any atom is -0.364 e. The standard InChI is InChI=1S/C11H16N2O2S/c1-7-4-10(14)9(6-12-7)11(15)13-5-8(2)16-3/h4,6,8H,5H2,1-3H3,(H,12,14)(H,13,15). The molecule has 1 heterocycles. The first-order valence-corrected chi connectivity index (χ1v) is 6.33. The Balaban J connectivity index is 2.70. The molecule has 0 bridgehead atoms. The number of amides is 1. The van der Waals surface area contributed by atoms with Crippen LogP contribution in [0.3, 0.4) is 0 Å². The average Bonchev–Trinajstić information content (AvgIpc) is 2.25. The van der Waals surface area contributed by atoms with Crippen LogP contribution in [0.1, 0.15) is 23.0 Å². The molecule has 16 heavy (non-hydrogen) atoms. The van der Waals surface area contributed by atoms with Gasteiger partial charge >= 0.3 is 0 Å². The Labute approximate surface area is 98.8 Å². The van der Waals surface area contributed by atoms with Crippen LogP contribution in [0.15, 0.2) is 17.1 Å². The van der Waals surface area contributed by atoms with E-state index >= 15 is 0 Å². The van der Waals surface area contributed by atoms with Crippen LogP contribution in [0.4, 0.5) is 0 Å². The van der Waals surface area contributed by atoms with Crippen LogP contribution in [0, 0.1) is 6.92 Å². The van der Waals surface area contributed by atoms with E-state index in [1.54, 1.807) is 18.7 Å². The first-order chi connectivity index (χ1) is 7.54. The van der Waals surface area contributed by atoms with Gasteiger partial charge in [-0.3, -0.25) is 9.59 Å². The van der Waals surface area contributed by atoms with E-state index in [9.17, 15) is 9.59 Å². The van der Waals surface area contributed by atoms with Crippen molar-refractivity contribution in [3.8, 4) is 0 Å². The Bertz CT molecular complexity index is 428. The molecule has 1 aromatic heterocycles. The molecule has 0 aliphatic carbocycles. The summed E-state index contributed by atoms with van der Waals surface area (Å²) in [6.07, 6.45) is 3.44. The number of aryl methyl sites for hydroxylation is 1. The highest BCUT2D eigenvalue weighted by Gasteiger charge is 2.10. The number of thioether (sulfide) groups is 1. The maximum absolute atomic E-state index is 11.7. The van der Waals surface area contributed by atoms with Gasteiger partial charge in [0, 0.05) is 29.8 Å². The van der Waals surface area contributed by atoms with E-state index in [4.69, 9.17) is 0 Å². The highest BCUT2D eigenvalue weighted by Crippen LogP contribution is 2.02. The van der Waals surface area contributed by atoms with Gasteiger partial charge in [0.25, 0.3) is 5.91 Å². The minimum absolute atomic E-state index is 0.166. The molecule has 0 aromatic carbocycles. The lowest BCUT2D eigenvalue weighted by atomic mass is 10.2. The molecule has 0 aliphatic rings. The Morgan fingerprint density at radius 2 is 2.31 bits per heavy atom. The predicted molar refractivity (Wildman–Crippen MR) is 67.1 cm³/mol. The molecule has 0 radical (unpaired) electrons. The van der Waals surface area contributed by atoms with Crippen molar-refractivity contribution >= 4 is 17.7 Å². The SMILES string of the molecule is CSC(C)CNC(=O)c1c[nH]c(C)cc1=O. The number of pyridine rings is 1. The van der Waals surface area contributed by atoms with Gasteiger partial charge in [0.1, 0.15) is 5.56 Å². The molecule has 0 saturated heterocycles. The molecule has 0 saturated carbocycles. The molecule has 1 unspecified atom stereocenters. The maximum atomic E-state index is 11.7. The smallest absolute Gasteiger partial charge is 0.256 e. The van der Waals surface area contributed by atoms with Crippen LogP contribution in [-0.2, 0) is 0 Å². The molecule has 1 atom stereocenters. The van der Waals surface area contributed by atoms with E-state index < -0.39 is 0 Å². The Hall–Kier alpha value is -1.23. The van der Waals surface area contributed by atoms with Crippen molar-refractivity contribution in [2.75, 3.05) is 12.8 Å². The van der Waals surface area contributed by atoms with Gasteiger partial charge in [-0.15, -0.1) is 0 Å². The molecule has 1 rings (SSSR count). The number of nitrogens with one attached hydrogen (secondary N) is 2. The number of hydrogen-bond donors (Lipinski definition) is 2. The summed E-state index contributed by atoms with van der Waals surface area (Å²) in [6.45, 7) is 4.36. The fourth-order valence-electron chi connectivity index (χ4n) is 1.17. The monoisotopic (exact) mass is 240 g/mol. The molecule has 4 nitrogen and oxygen atoms in total. The first-order valence-electron chi connectivity index (χ1n) is 5.05. The number of aromatic amines is 1. The van der Waals surface area contributed by atoms with Gasteiger partial charge in [-0.05, 0) is 13.2 Å². The quantitative estimate of drug-likeness (QED) is 0.830. The van der Waals surface area contributed by atoms with Crippen LogP contribution in [0.2, 0.25) is 0 Å². The van der Waals surface area contributed by atoms with Gasteiger partial charge in [-0.25, -0.2) is 0 Å². The molecular formula is C11H16N2O2S. The molecule has 5 heteroatoms. The van der Waals surface area contributed by atoms with Gasteiger partial charge in [-0.2, -0.15) is 11.8 Å². The lowest BCUT2D eigenvalue weighted by Crippen LogP contribution is -2.32. The Morgan fingerprint density at radius 3 is 2.88 bits per heavy atom. The molecule has 1 amide bonds. The molecule has 2 N–H and O–H groups in total. The van der Waals surface area contributed by atoms with Crippen LogP contribution in [0.25, 0.3) is 0 Å². The van der Waals surface area contributed by atoms with Crippen molar-refractivity contribution in [3.05, 3.63) is 33.7 Å². The second-order valence-electron chi connectivity index (χ2n) is 3.65. The first kappa shape index (κ1) is 12.8. The summed E-state index contributed by atoms with van der Waals surface area (Å²) in [5.74, 6) is -0.317. The Morgan fingerprint density at radius 1 is 1.62 bits per heavy atom. The molecule has 88 valence electrons. The van der Waals surface area contributed by atoms with Crippen LogP contribution in [0.5, 0.6) is 0 Å². The van der Waals surface area contributed by atoms with E-state index in [0.29, 0.717) is 11.8 Å². The number of H-pyrrole nitrogens is 1. The van der Waals surface area contributed by atoms with Gasteiger partial charge in [0.05, 0.1) is 0 Å². The summed E-state index contributed by atoms with van der Waals surface area (Å²) in [5, 5.41) is 3.07. The second kappa shape index (κ2) is 5.75. The summed E-state index contributed by atoms with van der Waals surface area (Å²) in [7, 11) is 0. The van der Waals surface area contributed by atoms with Crippen molar-refractivity contribution in [1.29, 1.82) is 0 Å². The number of hydrogen-bond acceptors (Lipinski definition) is 3. The van der Waals surface area contributed by atoms with Gasteiger partial charge in [0.15, 0.2) is 5.43 Å². The summed E-state index contributed by atoms with van der Waals surface area (Å²) in [6, 6.07) is 1.42. The predicted octanol–water partition coefficient (Wildman–Crippen LogP) is 1.16. The summed E-state index contributed by atoms with van der Waals surface area (Å²) in [4.78, 5) is 26.0. The molecule has 1 aromatic rings. The highest BCUT2D eigenvalue weighted by molar-refractivity contribution is 7.99. The zero-order chi connectivity index (χ0) is 12.1. The zero-order valence-corrected chi connectivity index (χ0v) is 10.5. The average molecular weight is 240 g/mol. The number of rotatable bonds is 4. The van der Waals surface area contributed by atoms with E-state index in [-0.39, 0.29) is 16.9 Å². The van der Waals surface area contributed by atoms with Crippen molar-refractivity contribution in [3.63, 3.8) is 0 Å².